The van der Waals surface area contributed by atoms with Crippen LogP contribution in [0.15, 0.2) is 18.2 Å². The molecule has 1 atom stereocenters. The van der Waals surface area contributed by atoms with E-state index in [2.05, 4.69) is 16.7 Å². The summed E-state index contributed by atoms with van der Waals surface area (Å²) in [6.45, 7) is 3.26. The molecule has 2 aliphatic rings. The van der Waals surface area contributed by atoms with Crippen molar-refractivity contribution in [3.63, 3.8) is 0 Å². The highest BCUT2D eigenvalue weighted by atomic mass is 16.5. The summed E-state index contributed by atoms with van der Waals surface area (Å²) >= 11 is 0. The Labute approximate surface area is 113 Å². The van der Waals surface area contributed by atoms with Gasteiger partial charge in [-0.1, -0.05) is 12.1 Å². The van der Waals surface area contributed by atoms with Crippen molar-refractivity contribution in [2.75, 3.05) is 19.7 Å². The number of hydrogen-bond acceptors (Lipinski definition) is 3. The summed E-state index contributed by atoms with van der Waals surface area (Å²) in [6.07, 6.45) is 3.29. The lowest BCUT2D eigenvalue weighted by Crippen LogP contribution is -2.33. The first-order chi connectivity index (χ1) is 9.34. The first-order valence-corrected chi connectivity index (χ1v) is 7.06. The lowest BCUT2D eigenvalue weighted by atomic mass is 9.95. The topological polar surface area (TPSA) is 50.4 Å². The summed E-state index contributed by atoms with van der Waals surface area (Å²) in [4.78, 5) is 12.3. The fraction of sp³-hybridized carbons (Fsp3) is 0.533. The second kappa shape index (κ2) is 5.72. The highest BCUT2D eigenvalue weighted by Gasteiger charge is 2.19. The standard InChI is InChI=1S/C15H20N2O2/c18-15(17-10-12-4-2-8-19-12)14-5-1-3-11-9-16-7-6-13(11)14/h1,3,5,12,16H,2,4,6-10H2,(H,17,18). The van der Waals surface area contributed by atoms with Gasteiger partial charge in [0.05, 0.1) is 6.10 Å². The van der Waals surface area contributed by atoms with Gasteiger partial charge in [-0.2, -0.15) is 0 Å². The van der Waals surface area contributed by atoms with Gasteiger partial charge in [0, 0.05) is 25.3 Å². The Morgan fingerprint density at radius 3 is 3.26 bits per heavy atom. The van der Waals surface area contributed by atoms with Crippen molar-refractivity contribution in [3.05, 3.63) is 34.9 Å². The first-order valence-electron chi connectivity index (χ1n) is 7.06. The molecular weight excluding hydrogens is 240 g/mol. The summed E-state index contributed by atoms with van der Waals surface area (Å²) < 4.78 is 5.53. The third-order valence-corrected chi connectivity index (χ3v) is 3.90. The van der Waals surface area contributed by atoms with E-state index in [9.17, 15) is 4.79 Å². The Hall–Kier alpha value is -1.39. The van der Waals surface area contributed by atoms with Crippen LogP contribution in [0.3, 0.4) is 0 Å². The SMILES string of the molecule is O=C(NCC1CCCO1)c1cccc2c1CCNC2. The third-order valence-electron chi connectivity index (χ3n) is 3.90. The molecule has 1 unspecified atom stereocenters. The quantitative estimate of drug-likeness (QED) is 0.859. The number of fused-ring (bicyclic) bond motifs is 1. The number of carbonyl (C=O) groups excluding carboxylic acids is 1. The van der Waals surface area contributed by atoms with Crippen molar-refractivity contribution >= 4 is 5.91 Å². The molecular formula is C15H20N2O2. The fourth-order valence-corrected chi connectivity index (χ4v) is 2.85. The van der Waals surface area contributed by atoms with Gasteiger partial charge in [0.1, 0.15) is 0 Å². The number of ether oxygens (including phenoxy) is 1. The minimum atomic E-state index is 0.0363. The Kier molecular flexibility index (Phi) is 3.80. The van der Waals surface area contributed by atoms with Gasteiger partial charge in [0.15, 0.2) is 0 Å². The highest BCUT2D eigenvalue weighted by Crippen LogP contribution is 2.19. The van der Waals surface area contributed by atoms with Gasteiger partial charge in [-0.25, -0.2) is 0 Å². The predicted molar refractivity (Wildman–Crippen MR) is 73.2 cm³/mol. The normalized spacial score (nSPS) is 22.0. The van der Waals surface area contributed by atoms with E-state index < -0.39 is 0 Å². The molecule has 1 amide bonds. The molecule has 0 radical (unpaired) electrons. The first kappa shape index (κ1) is 12.6. The van der Waals surface area contributed by atoms with Gasteiger partial charge in [0.2, 0.25) is 0 Å². The fourth-order valence-electron chi connectivity index (χ4n) is 2.85. The molecule has 2 N–H and O–H groups in total. The zero-order chi connectivity index (χ0) is 13.1. The van der Waals surface area contributed by atoms with Crippen LogP contribution in [-0.4, -0.2) is 31.7 Å². The van der Waals surface area contributed by atoms with E-state index in [0.717, 1.165) is 44.5 Å². The van der Waals surface area contributed by atoms with Crippen molar-refractivity contribution in [1.82, 2.24) is 10.6 Å². The third kappa shape index (κ3) is 2.80. The zero-order valence-electron chi connectivity index (χ0n) is 11.1. The van der Waals surface area contributed by atoms with Crippen LogP contribution >= 0.6 is 0 Å². The minimum absolute atomic E-state index is 0.0363. The van der Waals surface area contributed by atoms with Gasteiger partial charge in [-0.05, 0) is 43.0 Å². The largest absolute Gasteiger partial charge is 0.376 e. The molecule has 0 aliphatic carbocycles. The Morgan fingerprint density at radius 2 is 2.42 bits per heavy atom. The molecule has 102 valence electrons. The molecule has 0 bridgehead atoms. The number of rotatable bonds is 3. The zero-order valence-corrected chi connectivity index (χ0v) is 11.1. The van der Waals surface area contributed by atoms with E-state index in [1.807, 2.05) is 12.1 Å². The number of carbonyl (C=O) groups is 1. The Bertz CT molecular complexity index is 467. The molecule has 4 heteroatoms. The van der Waals surface area contributed by atoms with Gasteiger partial charge >= 0.3 is 0 Å². The van der Waals surface area contributed by atoms with E-state index >= 15 is 0 Å². The lowest BCUT2D eigenvalue weighted by Gasteiger charge is -2.20. The monoisotopic (exact) mass is 260 g/mol. The van der Waals surface area contributed by atoms with E-state index in [4.69, 9.17) is 4.74 Å². The average molecular weight is 260 g/mol. The summed E-state index contributed by atoms with van der Waals surface area (Å²) in [7, 11) is 0. The van der Waals surface area contributed by atoms with Crippen LogP contribution in [0.5, 0.6) is 0 Å². The lowest BCUT2D eigenvalue weighted by molar-refractivity contribution is 0.0857. The van der Waals surface area contributed by atoms with Crippen LogP contribution in [0.4, 0.5) is 0 Å². The second-order valence-corrected chi connectivity index (χ2v) is 5.22. The van der Waals surface area contributed by atoms with Gasteiger partial charge in [0.25, 0.3) is 5.91 Å². The summed E-state index contributed by atoms with van der Waals surface area (Å²) in [5.74, 6) is 0.0363. The van der Waals surface area contributed by atoms with Crippen molar-refractivity contribution in [2.24, 2.45) is 0 Å². The second-order valence-electron chi connectivity index (χ2n) is 5.22. The molecule has 1 aromatic rings. The summed E-state index contributed by atoms with van der Waals surface area (Å²) in [5, 5.41) is 6.34. The van der Waals surface area contributed by atoms with Crippen LogP contribution in [0, 0.1) is 0 Å². The molecule has 19 heavy (non-hydrogen) atoms. The van der Waals surface area contributed by atoms with Crippen molar-refractivity contribution in [3.8, 4) is 0 Å². The van der Waals surface area contributed by atoms with Crippen molar-refractivity contribution < 1.29 is 9.53 Å². The van der Waals surface area contributed by atoms with Crippen LogP contribution in [-0.2, 0) is 17.7 Å². The molecule has 0 aromatic heterocycles. The molecule has 3 rings (SSSR count). The average Bonchev–Trinajstić information content (AvgIpc) is 2.97. The van der Waals surface area contributed by atoms with Crippen LogP contribution < -0.4 is 10.6 Å². The predicted octanol–water partition coefficient (Wildman–Crippen LogP) is 1.24. The van der Waals surface area contributed by atoms with E-state index in [-0.39, 0.29) is 12.0 Å². The number of benzene rings is 1. The number of amides is 1. The van der Waals surface area contributed by atoms with Gasteiger partial charge < -0.3 is 15.4 Å². The molecule has 0 saturated carbocycles. The van der Waals surface area contributed by atoms with Gasteiger partial charge in [-0.3, -0.25) is 4.79 Å². The molecule has 1 fully saturated rings. The molecule has 2 aliphatic heterocycles. The van der Waals surface area contributed by atoms with Gasteiger partial charge in [-0.15, -0.1) is 0 Å². The Morgan fingerprint density at radius 1 is 1.47 bits per heavy atom. The van der Waals surface area contributed by atoms with Crippen molar-refractivity contribution in [1.29, 1.82) is 0 Å². The van der Waals surface area contributed by atoms with Crippen LogP contribution in [0.2, 0.25) is 0 Å². The smallest absolute Gasteiger partial charge is 0.251 e. The van der Waals surface area contributed by atoms with Crippen LogP contribution in [0.1, 0.15) is 34.3 Å². The molecule has 1 saturated heterocycles. The number of nitrogens with one attached hydrogen (secondary N) is 2. The highest BCUT2D eigenvalue weighted by molar-refractivity contribution is 5.96. The van der Waals surface area contributed by atoms with E-state index in [1.165, 1.54) is 11.1 Å². The van der Waals surface area contributed by atoms with Crippen molar-refractivity contribution in [2.45, 2.75) is 31.9 Å². The maximum Gasteiger partial charge on any atom is 0.251 e. The molecule has 2 heterocycles. The number of hydrogen-bond donors (Lipinski definition) is 2. The van der Waals surface area contributed by atoms with Crippen LogP contribution in [0.25, 0.3) is 0 Å². The molecule has 0 spiro atoms. The molecule has 4 nitrogen and oxygen atoms in total. The summed E-state index contributed by atoms with van der Waals surface area (Å²) in [5.41, 5.74) is 3.28. The van der Waals surface area contributed by atoms with E-state index in [1.54, 1.807) is 0 Å². The molecule has 1 aromatic carbocycles. The van der Waals surface area contributed by atoms with E-state index in [0.29, 0.717) is 6.54 Å². The maximum absolute atomic E-state index is 12.3. The Balaban J connectivity index is 1.68. The maximum atomic E-state index is 12.3. The summed E-state index contributed by atoms with van der Waals surface area (Å²) in [6, 6.07) is 5.99. The minimum Gasteiger partial charge on any atom is -0.376 e.